The maximum atomic E-state index is 13.2. The third-order valence-corrected chi connectivity index (χ3v) is 12.8. The van der Waals surface area contributed by atoms with E-state index in [-0.39, 0.29) is 44.6 Å². The third-order valence-electron chi connectivity index (χ3n) is 10.4. The van der Waals surface area contributed by atoms with Crippen LogP contribution in [0.3, 0.4) is 0 Å². The van der Waals surface area contributed by atoms with Gasteiger partial charge < -0.3 is 40.5 Å². The van der Waals surface area contributed by atoms with Gasteiger partial charge in [-0.15, -0.1) is 11.8 Å². The van der Waals surface area contributed by atoms with Gasteiger partial charge in [0.15, 0.2) is 6.10 Å². The standard InChI is InChI=1S/C48H81N2O12PS/c1-5-7-8-9-10-11-12-13-14-18-21-24-30-45(42(51)28-26-31-46(52)53)64-37-41(50)48(55)61-40(36-60-63(56,57)59-34-33-49)35-58-47(54)32-25-22-19-16-15-17-20-23-29-44-39(4)38(3)43(62-44)27-6-2/h10-11,13-14,18,21,24,30,40-42,45,51H,5-9,12,15-17,19-20,22-23,25-29,31-37,49-50H2,1-4H3,(H,52,53)(H,56,57)/b11-10-,14-13-,21-18+,30-24+/t40-,41+,42+,45-/m1/s1. The highest BCUT2D eigenvalue weighted by molar-refractivity contribution is 8.00. The number of esters is 2. The number of carboxylic acid groups (broad SMARTS) is 1. The minimum atomic E-state index is -4.55. The molecule has 64 heavy (non-hydrogen) atoms. The molecule has 7 N–H and O–H groups in total. The van der Waals surface area contributed by atoms with Crippen LogP contribution in [0.4, 0.5) is 0 Å². The Labute approximate surface area is 387 Å². The van der Waals surface area contributed by atoms with Crippen LogP contribution in [0.25, 0.3) is 0 Å². The number of carbonyl (C=O) groups is 3. The van der Waals surface area contributed by atoms with Gasteiger partial charge in [-0.1, -0.05) is 114 Å². The summed E-state index contributed by atoms with van der Waals surface area (Å²) in [5, 5.41) is 19.5. The largest absolute Gasteiger partial charge is 0.481 e. The topological polar surface area (TPSA) is 231 Å². The lowest BCUT2D eigenvalue weighted by atomic mass is 10.0. The minimum Gasteiger partial charge on any atom is -0.481 e. The summed E-state index contributed by atoms with van der Waals surface area (Å²) in [6.07, 6.45) is 30.4. The first-order valence-corrected chi connectivity index (χ1v) is 26.0. The number of aliphatic hydroxyl groups excluding tert-OH is 1. The molecule has 1 unspecified atom stereocenters. The number of nitrogens with two attached hydrogens (primary N) is 2. The average molecular weight is 941 g/mol. The lowest BCUT2D eigenvalue weighted by molar-refractivity contribution is -0.161. The number of aliphatic carboxylic acids is 1. The van der Waals surface area contributed by atoms with Gasteiger partial charge in [-0.3, -0.25) is 23.4 Å². The Bertz CT molecular complexity index is 1600. The second-order valence-electron chi connectivity index (χ2n) is 16.1. The lowest BCUT2D eigenvalue weighted by Gasteiger charge is -2.23. The summed E-state index contributed by atoms with van der Waals surface area (Å²) >= 11 is 1.19. The fourth-order valence-corrected chi connectivity index (χ4v) is 8.41. The smallest absolute Gasteiger partial charge is 0.472 e. The number of phosphoric ester groups is 1. The number of ether oxygens (including phenoxy) is 2. The zero-order valence-electron chi connectivity index (χ0n) is 39.1. The maximum Gasteiger partial charge on any atom is 0.472 e. The van der Waals surface area contributed by atoms with Gasteiger partial charge >= 0.3 is 25.7 Å². The number of thioether (sulfide) groups is 1. The molecule has 0 aliphatic heterocycles. The summed E-state index contributed by atoms with van der Waals surface area (Å²) in [7, 11) is -4.55. The molecule has 1 heterocycles. The molecule has 0 fully saturated rings. The summed E-state index contributed by atoms with van der Waals surface area (Å²) in [5.41, 5.74) is 14.1. The van der Waals surface area contributed by atoms with Gasteiger partial charge in [-0.2, -0.15) is 0 Å². The average Bonchev–Trinajstić information content (AvgIpc) is 3.53. The lowest BCUT2D eigenvalue weighted by Crippen LogP contribution is -2.40. The number of aliphatic hydroxyl groups is 1. The fraction of sp³-hybridized carbons (Fsp3) is 0.688. The Morgan fingerprint density at radius 3 is 2.14 bits per heavy atom. The van der Waals surface area contributed by atoms with E-state index in [2.05, 4.69) is 39.8 Å². The summed E-state index contributed by atoms with van der Waals surface area (Å²) in [5.74, 6) is -0.107. The van der Waals surface area contributed by atoms with E-state index in [0.29, 0.717) is 6.42 Å². The number of carboxylic acids is 1. The van der Waals surface area contributed by atoms with Gasteiger partial charge in [0.05, 0.1) is 19.3 Å². The van der Waals surface area contributed by atoms with E-state index in [1.54, 1.807) is 12.2 Å². The second kappa shape index (κ2) is 37.1. The number of phosphoric acid groups is 1. The number of unbranched alkanes of at least 4 members (excludes halogenated alkanes) is 10. The van der Waals surface area contributed by atoms with E-state index in [1.807, 2.05) is 24.3 Å². The molecular formula is C48H81N2O12PS. The van der Waals surface area contributed by atoms with Crippen molar-refractivity contribution in [2.24, 2.45) is 11.5 Å². The molecule has 0 amide bonds. The molecule has 0 bridgehead atoms. The van der Waals surface area contributed by atoms with Crippen molar-refractivity contribution in [1.29, 1.82) is 0 Å². The molecule has 1 rings (SSSR count). The fourth-order valence-electron chi connectivity index (χ4n) is 6.52. The van der Waals surface area contributed by atoms with E-state index < -0.39 is 62.4 Å². The van der Waals surface area contributed by atoms with Crippen molar-refractivity contribution in [2.75, 3.05) is 32.1 Å². The first-order valence-electron chi connectivity index (χ1n) is 23.4. The highest BCUT2D eigenvalue weighted by Gasteiger charge is 2.28. The van der Waals surface area contributed by atoms with Crippen LogP contribution in [0.1, 0.15) is 152 Å². The highest BCUT2D eigenvalue weighted by Crippen LogP contribution is 2.43. The predicted octanol–water partition coefficient (Wildman–Crippen LogP) is 9.69. The van der Waals surface area contributed by atoms with Crippen molar-refractivity contribution in [1.82, 2.24) is 0 Å². The second-order valence-corrected chi connectivity index (χ2v) is 18.7. The number of rotatable bonds is 40. The van der Waals surface area contributed by atoms with Crippen molar-refractivity contribution >= 4 is 37.5 Å². The molecule has 1 aromatic rings. The monoisotopic (exact) mass is 941 g/mol. The quantitative estimate of drug-likeness (QED) is 0.0136. The van der Waals surface area contributed by atoms with Gasteiger partial charge in [0.25, 0.3) is 0 Å². The summed E-state index contributed by atoms with van der Waals surface area (Å²) < 4.78 is 39.1. The molecule has 14 nitrogen and oxygen atoms in total. The number of furan rings is 1. The first kappa shape index (κ1) is 59.0. The minimum absolute atomic E-state index is 0.00770. The molecule has 5 atom stereocenters. The number of hydrogen-bond acceptors (Lipinski definition) is 13. The summed E-state index contributed by atoms with van der Waals surface area (Å²) in [4.78, 5) is 46.9. The third kappa shape index (κ3) is 29.5. The van der Waals surface area contributed by atoms with Crippen LogP contribution in [0.5, 0.6) is 0 Å². The van der Waals surface area contributed by atoms with Crippen LogP contribution in [0.15, 0.2) is 53.0 Å². The van der Waals surface area contributed by atoms with E-state index in [9.17, 15) is 28.9 Å². The van der Waals surface area contributed by atoms with Gasteiger partial charge in [-0.25, -0.2) is 4.57 Å². The van der Waals surface area contributed by atoms with Gasteiger partial charge in [-0.05, 0) is 76.3 Å². The SMILES string of the molecule is CCCCC/C=C\C\C=C/C=C/C=C/[C@@H](SC[C@H](N)C(=O)O[C@H](COC(=O)CCCCCCCCCCc1oc(CCC)c(C)c1C)COP(=O)(O)OCCN)[C@@H](O)CCCC(=O)O. The molecule has 0 aliphatic carbocycles. The van der Waals surface area contributed by atoms with Crippen molar-refractivity contribution in [2.45, 2.75) is 180 Å². The molecule has 0 saturated carbocycles. The number of carbonyl (C=O) groups excluding carboxylic acids is 2. The summed E-state index contributed by atoms with van der Waals surface area (Å²) in [6, 6.07) is -1.20. The number of allylic oxidation sites excluding steroid dienone is 7. The highest BCUT2D eigenvalue weighted by atomic mass is 32.2. The predicted molar refractivity (Wildman–Crippen MR) is 256 cm³/mol. The van der Waals surface area contributed by atoms with Crippen molar-refractivity contribution in [3.8, 4) is 0 Å². The van der Waals surface area contributed by atoms with Crippen LogP contribution in [-0.2, 0) is 50.3 Å². The van der Waals surface area contributed by atoms with E-state index in [1.165, 1.54) is 42.2 Å². The zero-order chi connectivity index (χ0) is 47.4. The molecular weight excluding hydrogens is 860 g/mol. The Hall–Kier alpha value is -3.01. The van der Waals surface area contributed by atoms with Crippen LogP contribution < -0.4 is 11.5 Å². The molecule has 366 valence electrons. The van der Waals surface area contributed by atoms with Crippen molar-refractivity contribution in [3.63, 3.8) is 0 Å². The molecule has 0 spiro atoms. The zero-order valence-corrected chi connectivity index (χ0v) is 40.8. The summed E-state index contributed by atoms with van der Waals surface area (Å²) in [6.45, 7) is 7.29. The van der Waals surface area contributed by atoms with Crippen molar-refractivity contribution < 1.29 is 57.0 Å². The van der Waals surface area contributed by atoms with Crippen LogP contribution in [-0.4, -0.2) is 88.6 Å². The van der Waals surface area contributed by atoms with E-state index in [0.717, 1.165) is 88.6 Å². The first-order chi connectivity index (χ1) is 30.7. The Kier molecular flexibility index (Phi) is 34.2. The Morgan fingerprint density at radius 1 is 0.797 bits per heavy atom. The van der Waals surface area contributed by atoms with Gasteiger partial charge in [0.2, 0.25) is 0 Å². The Morgan fingerprint density at radius 2 is 1.47 bits per heavy atom. The van der Waals surface area contributed by atoms with Gasteiger partial charge in [0.1, 0.15) is 24.2 Å². The van der Waals surface area contributed by atoms with E-state index in [4.69, 9.17) is 39.5 Å². The van der Waals surface area contributed by atoms with Crippen molar-refractivity contribution in [3.05, 3.63) is 71.3 Å². The van der Waals surface area contributed by atoms with E-state index >= 15 is 0 Å². The van der Waals surface area contributed by atoms with Gasteiger partial charge in [0, 0.05) is 43.2 Å². The molecule has 0 aromatic carbocycles. The molecule has 0 radical (unpaired) electrons. The normalized spacial score (nSPS) is 15.0. The Balaban J connectivity index is 2.66. The molecule has 16 heteroatoms. The molecule has 1 aromatic heterocycles. The number of aryl methyl sites for hydroxylation is 2. The van der Waals surface area contributed by atoms with Crippen LogP contribution in [0.2, 0.25) is 0 Å². The number of hydrogen-bond donors (Lipinski definition) is 5. The molecule has 0 saturated heterocycles. The van der Waals surface area contributed by atoms with Crippen LogP contribution >= 0.6 is 19.6 Å². The van der Waals surface area contributed by atoms with Crippen LogP contribution in [0, 0.1) is 13.8 Å². The molecule has 0 aliphatic rings. The maximum absolute atomic E-state index is 13.2.